The molecule has 8 heteroatoms. The van der Waals surface area contributed by atoms with Crippen LogP contribution in [0, 0.1) is 6.92 Å². The highest BCUT2D eigenvalue weighted by Gasteiger charge is 2.31. The SMILES string of the molecule is Cc1ccc(Cl)cc1N1CCN(c2ccc3cc(S(=O)(=O)N4CCCCC4C)ccc3n2)CC1. The fourth-order valence-electron chi connectivity index (χ4n) is 5.09. The summed E-state index contributed by atoms with van der Waals surface area (Å²) in [6.07, 6.45) is 2.93. The number of hydrogen-bond donors (Lipinski definition) is 0. The van der Waals surface area contributed by atoms with E-state index >= 15 is 0 Å². The molecule has 1 unspecified atom stereocenters. The molecule has 1 aromatic heterocycles. The first-order valence-electron chi connectivity index (χ1n) is 12.0. The zero-order valence-electron chi connectivity index (χ0n) is 19.7. The Kier molecular flexibility index (Phi) is 6.44. The minimum atomic E-state index is -3.49. The molecule has 0 saturated carbocycles. The van der Waals surface area contributed by atoms with E-state index < -0.39 is 10.0 Å². The fraction of sp³-hybridized carbons (Fsp3) is 0.423. The highest BCUT2D eigenvalue weighted by molar-refractivity contribution is 7.89. The van der Waals surface area contributed by atoms with Gasteiger partial charge >= 0.3 is 0 Å². The van der Waals surface area contributed by atoms with Crippen LogP contribution in [-0.4, -0.2) is 56.5 Å². The van der Waals surface area contributed by atoms with Gasteiger partial charge in [0, 0.05) is 54.9 Å². The molecule has 3 aromatic rings. The van der Waals surface area contributed by atoms with Crippen molar-refractivity contribution in [3.63, 3.8) is 0 Å². The number of aryl methyl sites for hydroxylation is 1. The highest BCUT2D eigenvalue weighted by Crippen LogP contribution is 2.29. The van der Waals surface area contributed by atoms with Gasteiger partial charge in [-0.2, -0.15) is 4.31 Å². The molecule has 5 rings (SSSR count). The molecule has 3 heterocycles. The van der Waals surface area contributed by atoms with Gasteiger partial charge in [-0.25, -0.2) is 13.4 Å². The molecule has 0 spiro atoms. The second-order valence-corrected chi connectivity index (χ2v) is 11.7. The van der Waals surface area contributed by atoms with Crippen LogP contribution in [0.15, 0.2) is 53.4 Å². The lowest BCUT2D eigenvalue weighted by Gasteiger charge is -2.37. The largest absolute Gasteiger partial charge is 0.368 e. The number of rotatable bonds is 4. The molecule has 2 aromatic carbocycles. The molecule has 0 amide bonds. The molecule has 2 aliphatic heterocycles. The third kappa shape index (κ3) is 4.49. The average Bonchev–Trinajstić information content (AvgIpc) is 2.85. The second kappa shape index (κ2) is 9.36. The molecule has 1 atom stereocenters. The molecule has 0 bridgehead atoms. The van der Waals surface area contributed by atoms with Gasteiger partial charge in [0.2, 0.25) is 10.0 Å². The van der Waals surface area contributed by atoms with Crippen LogP contribution in [0.5, 0.6) is 0 Å². The molecule has 2 fully saturated rings. The summed E-state index contributed by atoms with van der Waals surface area (Å²) in [6.45, 7) is 8.23. The fourth-order valence-corrected chi connectivity index (χ4v) is 7.00. The van der Waals surface area contributed by atoms with Crippen molar-refractivity contribution in [1.82, 2.24) is 9.29 Å². The zero-order valence-corrected chi connectivity index (χ0v) is 21.3. The Morgan fingerprint density at radius 3 is 2.44 bits per heavy atom. The van der Waals surface area contributed by atoms with E-state index in [-0.39, 0.29) is 6.04 Å². The van der Waals surface area contributed by atoms with Gasteiger partial charge in [-0.05, 0) is 74.7 Å². The summed E-state index contributed by atoms with van der Waals surface area (Å²) < 4.78 is 28.1. The maximum atomic E-state index is 13.2. The summed E-state index contributed by atoms with van der Waals surface area (Å²) in [5.74, 6) is 0.926. The van der Waals surface area contributed by atoms with Crippen molar-refractivity contribution < 1.29 is 8.42 Å². The number of anilines is 2. The maximum absolute atomic E-state index is 13.2. The van der Waals surface area contributed by atoms with Crippen LogP contribution < -0.4 is 9.80 Å². The molecule has 34 heavy (non-hydrogen) atoms. The van der Waals surface area contributed by atoms with Crippen molar-refractivity contribution in [1.29, 1.82) is 0 Å². The van der Waals surface area contributed by atoms with Crippen molar-refractivity contribution in [2.75, 3.05) is 42.5 Å². The second-order valence-electron chi connectivity index (χ2n) is 9.39. The minimum absolute atomic E-state index is 0.0457. The van der Waals surface area contributed by atoms with Gasteiger partial charge in [-0.3, -0.25) is 0 Å². The number of pyridine rings is 1. The molecule has 2 saturated heterocycles. The van der Waals surface area contributed by atoms with Gasteiger partial charge in [0.1, 0.15) is 5.82 Å². The normalized spacial score (nSPS) is 20.1. The van der Waals surface area contributed by atoms with E-state index in [1.54, 1.807) is 16.4 Å². The molecule has 180 valence electrons. The minimum Gasteiger partial charge on any atom is -0.368 e. The van der Waals surface area contributed by atoms with Crippen LogP contribution in [0.2, 0.25) is 5.02 Å². The molecular weight excluding hydrogens is 468 g/mol. The summed E-state index contributed by atoms with van der Waals surface area (Å²) in [7, 11) is -3.49. The standard InChI is InChI=1S/C26H31ClN4O2S/c1-19-6-8-22(27)18-25(19)29-13-15-30(16-14-29)26-11-7-21-17-23(9-10-24(21)28-26)34(32,33)31-12-4-3-5-20(31)2/h6-11,17-18,20H,3-5,12-16H2,1-2H3. The van der Waals surface area contributed by atoms with E-state index in [1.165, 1.54) is 11.3 Å². The highest BCUT2D eigenvalue weighted by atomic mass is 35.5. The number of hydrogen-bond acceptors (Lipinski definition) is 5. The molecule has 0 N–H and O–H groups in total. The third-order valence-electron chi connectivity index (χ3n) is 7.11. The van der Waals surface area contributed by atoms with E-state index in [0.717, 1.165) is 67.2 Å². The lowest BCUT2D eigenvalue weighted by Crippen LogP contribution is -2.47. The van der Waals surface area contributed by atoms with Gasteiger partial charge in [-0.15, -0.1) is 0 Å². The number of nitrogens with zero attached hydrogens (tertiary/aromatic N) is 4. The molecule has 0 aliphatic carbocycles. The van der Waals surface area contributed by atoms with Gasteiger partial charge in [0.25, 0.3) is 0 Å². The van der Waals surface area contributed by atoms with Gasteiger partial charge in [0.05, 0.1) is 10.4 Å². The Labute approximate surface area is 207 Å². The van der Waals surface area contributed by atoms with Crippen LogP contribution in [-0.2, 0) is 10.0 Å². The quantitative estimate of drug-likeness (QED) is 0.501. The number of benzene rings is 2. The number of aromatic nitrogens is 1. The first kappa shape index (κ1) is 23.4. The maximum Gasteiger partial charge on any atom is 0.243 e. The average molecular weight is 499 g/mol. The summed E-state index contributed by atoms with van der Waals surface area (Å²) in [5.41, 5.74) is 3.23. The number of fused-ring (bicyclic) bond motifs is 1. The Bertz CT molecular complexity index is 1310. The first-order chi connectivity index (χ1) is 16.3. The van der Waals surface area contributed by atoms with Crippen molar-refractivity contribution >= 4 is 44.0 Å². The lowest BCUT2D eigenvalue weighted by atomic mass is 10.1. The van der Waals surface area contributed by atoms with E-state index in [1.807, 2.05) is 37.3 Å². The summed E-state index contributed by atoms with van der Waals surface area (Å²) in [5, 5.41) is 1.61. The van der Waals surface area contributed by atoms with E-state index in [9.17, 15) is 8.42 Å². The van der Waals surface area contributed by atoms with Crippen LogP contribution >= 0.6 is 11.6 Å². The van der Waals surface area contributed by atoms with Crippen LogP contribution in [0.25, 0.3) is 10.9 Å². The van der Waals surface area contributed by atoms with Crippen molar-refractivity contribution in [3.8, 4) is 0 Å². The molecule has 0 radical (unpaired) electrons. The molecule has 2 aliphatic rings. The summed E-state index contributed by atoms with van der Waals surface area (Å²) in [4.78, 5) is 9.87. The van der Waals surface area contributed by atoms with Crippen molar-refractivity contribution in [2.45, 2.75) is 44.0 Å². The predicted molar refractivity (Wildman–Crippen MR) is 140 cm³/mol. The van der Waals surface area contributed by atoms with Crippen molar-refractivity contribution in [2.24, 2.45) is 0 Å². The number of piperazine rings is 1. The molecule has 6 nitrogen and oxygen atoms in total. The lowest BCUT2D eigenvalue weighted by molar-refractivity contribution is 0.268. The van der Waals surface area contributed by atoms with Crippen molar-refractivity contribution in [3.05, 3.63) is 59.1 Å². The van der Waals surface area contributed by atoms with Crippen LogP contribution in [0.1, 0.15) is 31.7 Å². The summed E-state index contributed by atoms with van der Waals surface area (Å²) >= 11 is 6.22. The van der Waals surface area contributed by atoms with Gasteiger partial charge in [0.15, 0.2) is 0 Å². The Morgan fingerprint density at radius 2 is 1.68 bits per heavy atom. The van der Waals surface area contributed by atoms with E-state index in [2.05, 4.69) is 22.8 Å². The number of halogens is 1. The monoisotopic (exact) mass is 498 g/mol. The van der Waals surface area contributed by atoms with Gasteiger partial charge < -0.3 is 9.80 Å². The predicted octanol–water partition coefficient (Wildman–Crippen LogP) is 5.09. The topological polar surface area (TPSA) is 56.8 Å². The Balaban J connectivity index is 1.33. The van der Waals surface area contributed by atoms with Crippen LogP contribution in [0.3, 0.4) is 0 Å². The summed E-state index contributed by atoms with van der Waals surface area (Å²) in [6, 6.07) is 15.4. The zero-order chi connectivity index (χ0) is 23.9. The Hall–Kier alpha value is -2.35. The number of piperidine rings is 1. The number of sulfonamides is 1. The van der Waals surface area contributed by atoms with Crippen LogP contribution in [0.4, 0.5) is 11.5 Å². The molecular formula is C26H31ClN4O2S. The first-order valence-corrected chi connectivity index (χ1v) is 13.8. The smallest absolute Gasteiger partial charge is 0.243 e. The van der Waals surface area contributed by atoms with E-state index in [0.29, 0.717) is 11.4 Å². The Morgan fingerprint density at radius 1 is 0.912 bits per heavy atom. The van der Waals surface area contributed by atoms with E-state index in [4.69, 9.17) is 16.6 Å². The van der Waals surface area contributed by atoms with Gasteiger partial charge in [-0.1, -0.05) is 24.1 Å². The third-order valence-corrected chi connectivity index (χ3v) is 9.35.